The Morgan fingerprint density at radius 1 is 0.643 bits per heavy atom. The van der Waals surface area contributed by atoms with E-state index in [1.165, 1.54) is 38.1 Å². The molecule has 144 valence electrons. The minimum Gasteiger partial charge on any atom is -0.423 e. The number of carbonyl (C=O) groups excluding carboxylic acids is 4. The average Bonchev–Trinajstić information content (AvgIpc) is 2.62. The quantitative estimate of drug-likeness (QED) is 0.451. The molecule has 0 atom stereocenters. The lowest BCUT2D eigenvalue weighted by Gasteiger charge is -2.05. The first kappa shape index (κ1) is 20.4. The molecule has 0 heterocycles. The van der Waals surface area contributed by atoms with Gasteiger partial charge in [-0.1, -0.05) is 0 Å². The van der Waals surface area contributed by atoms with Gasteiger partial charge in [-0.15, -0.1) is 0 Å². The molecule has 0 bridgehead atoms. The molecule has 0 radical (unpaired) electrons. The van der Waals surface area contributed by atoms with Crippen LogP contribution in [0.4, 0.5) is 11.4 Å². The third kappa shape index (κ3) is 7.12. The molecule has 0 spiro atoms. The lowest BCUT2D eigenvalue weighted by atomic mass is 10.3. The molecule has 0 saturated carbocycles. The van der Waals surface area contributed by atoms with E-state index >= 15 is 0 Å². The van der Waals surface area contributed by atoms with Crippen LogP contribution in [0.3, 0.4) is 0 Å². The molecule has 0 aliphatic carbocycles. The van der Waals surface area contributed by atoms with Gasteiger partial charge in [0.15, 0.2) is 0 Å². The Bertz CT molecular complexity index is 826. The molecule has 28 heavy (non-hydrogen) atoms. The van der Waals surface area contributed by atoms with Crippen molar-refractivity contribution < 1.29 is 28.7 Å². The summed E-state index contributed by atoms with van der Waals surface area (Å²) in [5.74, 6) is -1.43. The fourth-order valence-electron chi connectivity index (χ4n) is 2.06. The van der Waals surface area contributed by atoms with E-state index in [1.54, 1.807) is 24.3 Å². The number of benzene rings is 2. The highest BCUT2D eigenvalue weighted by molar-refractivity contribution is 5.93. The maximum Gasteiger partial charge on any atom is 0.336 e. The summed E-state index contributed by atoms with van der Waals surface area (Å²) in [6, 6.07) is 12.3. The lowest BCUT2D eigenvalue weighted by molar-refractivity contribution is -0.131. The first-order valence-electron chi connectivity index (χ1n) is 8.19. The van der Waals surface area contributed by atoms with Gasteiger partial charge in [0.2, 0.25) is 11.8 Å². The molecular formula is C20H18N2O6. The van der Waals surface area contributed by atoms with Crippen LogP contribution in [0.25, 0.3) is 0 Å². The molecule has 0 aromatic heterocycles. The van der Waals surface area contributed by atoms with Gasteiger partial charge in [-0.3, -0.25) is 9.59 Å². The molecule has 2 amide bonds. The number of amides is 2. The van der Waals surface area contributed by atoms with Crippen LogP contribution in [0.2, 0.25) is 0 Å². The van der Waals surface area contributed by atoms with Gasteiger partial charge in [-0.2, -0.15) is 0 Å². The lowest BCUT2D eigenvalue weighted by Crippen LogP contribution is -2.09. The molecule has 2 aromatic carbocycles. The second-order valence-electron chi connectivity index (χ2n) is 5.59. The highest BCUT2D eigenvalue weighted by Gasteiger charge is 2.05. The molecule has 2 aromatic rings. The Hall–Kier alpha value is -3.94. The fraction of sp³-hybridized carbons (Fsp3) is 0.100. The highest BCUT2D eigenvalue weighted by Crippen LogP contribution is 2.17. The third-order valence-corrected chi connectivity index (χ3v) is 3.14. The third-order valence-electron chi connectivity index (χ3n) is 3.14. The van der Waals surface area contributed by atoms with Crippen LogP contribution < -0.4 is 20.1 Å². The maximum atomic E-state index is 11.8. The molecule has 8 heteroatoms. The molecule has 0 aliphatic heterocycles. The van der Waals surface area contributed by atoms with Crippen molar-refractivity contribution in [2.75, 3.05) is 10.6 Å². The van der Waals surface area contributed by atoms with Gasteiger partial charge >= 0.3 is 11.9 Å². The molecule has 0 unspecified atom stereocenters. The topological polar surface area (TPSA) is 111 Å². The van der Waals surface area contributed by atoms with Crippen molar-refractivity contribution in [2.45, 2.75) is 13.8 Å². The Balaban J connectivity index is 1.85. The van der Waals surface area contributed by atoms with Crippen LogP contribution >= 0.6 is 0 Å². The van der Waals surface area contributed by atoms with Gasteiger partial charge in [0.25, 0.3) is 0 Å². The van der Waals surface area contributed by atoms with Crippen LogP contribution in [-0.2, 0) is 19.2 Å². The normalized spacial score (nSPS) is 10.2. The van der Waals surface area contributed by atoms with Crippen molar-refractivity contribution in [3.05, 3.63) is 60.7 Å². The van der Waals surface area contributed by atoms with Gasteiger partial charge < -0.3 is 20.1 Å². The van der Waals surface area contributed by atoms with E-state index in [0.717, 1.165) is 12.2 Å². The Labute approximate surface area is 161 Å². The van der Waals surface area contributed by atoms with E-state index in [2.05, 4.69) is 10.6 Å². The summed E-state index contributed by atoms with van der Waals surface area (Å²) in [5, 5.41) is 5.17. The van der Waals surface area contributed by atoms with E-state index in [1.807, 2.05) is 0 Å². The highest BCUT2D eigenvalue weighted by atomic mass is 16.5. The van der Waals surface area contributed by atoms with Crippen molar-refractivity contribution in [2.24, 2.45) is 0 Å². The number of nitrogens with one attached hydrogen (secondary N) is 2. The SMILES string of the molecule is CC(=O)Nc1ccc(OC(=O)/C=C/C(=O)Oc2ccc(NC(C)=O)cc2)cc1. The minimum absolute atomic E-state index is 0.212. The van der Waals surface area contributed by atoms with E-state index in [-0.39, 0.29) is 23.3 Å². The first-order chi connectivity index (χ1) is 13.3. The maximum absolute atomic E-state index is 11.8. The van der Waals surface area contributed by atoms with Crippen molar-refractivity contribution in [1.29, 1.82) is 0 Å². The summed E-state index contributed by atoms with van der Waals surface area (Å²) in [6.45, 7) is 2.77. The number of esters is 2. The molecule has 2 N–H and O–H groups in total. The Kier molecular flexibility index (Phi) is 7.04. The van der Waals surface area contributed by atoms with Gasteiger partial charge in [-0.05, 0) is 48.5 Å². The number of hydrogen-bond acceptors (Lipinski definition) is 6. The average molecular weight is 382 g/mol. The number of rotatable bonds is 6. The zero-order valence-electron chi connectivity index (χ0n) is 15.2. The van der Waals surface area contributed by atoms with Crippen LogP contribution in [-0.4, -0.2) is 23.8 Å². The van der Waals surface area contributed by atoms with Gasteiger partial charge in [0.1, 0.15) is 11.5 Å². The standard InChI is InChI=1S/C20H18N2O6/c1-13(23)21-15-3-7-17(8-4-15)27-19(25)11-12-20(26)28-18-9-5-16(6-10-18)22-14(2)24/h3-12H,1-2H3,(H,21,23)(H,22,24)/b12-11+. The zero-order chi connectivity index (χ0) is 20.5. The summed E-state index contributed by atoms with van der Waals surface area (Å²) < 4.78 is 10.1. The van der Waals surface area contributed by atoms with E-state index in [9.17, 15) is 19.2 Å². The largest absolute Gasteiger partial charge is 0.423 e. The molecule has 0 fully saturated rings. The summed E-state index contributed by atoms with van der Waals surface area (Å²) in [4.78, 5) is 45.4. The van der Waals surface area contributed by atoms with E-state index in [4.69, 9.17) is 9.47 Å². The first-order valence-corrected chi connectivity index (χ1v) is 8.19. The van der Waals surface area contributed by atoms with Crippen LogP contribution in [0, 0.1) is 0 Å². The summed E-state index contributed by atoms with van der Waals surface area (Å²) in [5.41, 5.74) is 1.13. The van der Waals surface area contributed by atoms with E-state index < -0.39 is 11.9 Å². The number of anilines is 2. The van der Waals surface area contributed by atoms with Gasteiger partial charge in [0, 0.05) is 37.4 Å². The number of hydrogen-bond donors (Lipinski definition) is 2. The van der Waals surface area contributed by atoms with Crippen molar-refractivity contribution in [3.63, 3.8) is 0 Å². The van der Waals surface area contributed by atoms with E-state index in [0.29, 0.717) is 11.4 Å². The minimum atomic E-state index is -0.759. The second kappa shape index (κ2) is 9.67. The number of ether oxygens (including phenoxy) is 2. The van der Waals surface area contributed by atoms with Crippen molar-refractivity contribution >= 4 is 35.1 Å². The summed E-state index contributed by atoms with van der Waals surface area (Å²) in [6.07, 6.45) is 1.88. The molecule has 2 rings (SSSR count). The summed E-state index contributed by atoms with van der Waals surface area (Å²) in [7, 11) is 0. The van der Waals surface area contributed by atoms with Crippen molar-refractivity contribution in [3.8, 4) is 11.5 Å². The van der Waals surface area contributed by atoms with Crippen LogP contribution in [0.15, 0.2) is 60.7 Å². The monoisotopic (exact) mass is 382 g/mol. The molecule has 8 nitrogen and oxygen atoms in total. The zero-order valence-corrected chi connectivity index (χ0v) is 15.2. The molecule has 0 aliphatic rings. The Morgan fingerprint density at radius 3 is 1.25 bits per heavy atom. The van der Waals surface area contributed by atoms with Crippen molar-refractivity contribution in [1.82, 2.24) is 0 Å². The van der Waals surface area contributed by atoms with Crippen LogP contribution in [0.5, 0.6) is 11.5 Å². The predicted molar refractivity (Wildman–Crippen MR) is 102 cm³/mol. The fourth-order valence-corrected chi connectivity index (χ4v) is 2.06. The van der Waals surface area contributed by atoms with Crippen LogP contribution in [0.1, 0.15) is 13.8 Å². The number of carbonyl (C=O) groups is 4. The molecular weight excluding hydrogens is 364 g/mol. The smallest absolute Gasteiger partial charge is 0.336 e. The molecule has 0 saturated heterocycles. The Morgan fingerprint density at radius 2 is 0.964 bits per heavy atom. The second-order valence-corrected chi connectivity index (χ2v) is 5.59. The van der Waals surface area contributed by atoms with Gasteiger partial charge in [0.05, 0.1) is 0 Å². The summed E-state index contributed by atoms with van der Waals surface area (Å²) >= 11 is 0. The van der Waals surface area contributed by atoms with Gasteiger partial charge in [-0.25, -0.2) is 9.59 Å². The predicted octanol–water partition coefficient (Wildman–Crippen LogP) is 2.67.